The highest BCUT2D eigenvalue weighted by Crippen LogP contribution is 2.46. The zero-order valence-corrected chi connectivity index (χ0v) is 10.2. The van der Waals surface area contributed by atoms with Crippen LogP contribution in [0.1, 0.15) is 40.0 Å². The zero-order chi connectivity index (χ0) is 11.9. The molecule has 1 heterocycles. The van der Waals surface area contributed by atoms with E-state index in [0.29, 0.717) is 6.42 Å². The number of carbonyl (C=O) groups excluding carboxylic acids is 2. The van der Waals surface area contributed by atoms with Crippen molar-refractivity contribution in [3.8, 4) is 0 Å². The van der Waals surface area contributed by atoms with E-state index in [4.69, 9.17) is 0 Å². The summed E-state index contributed by atoms with van der Waals surface area (Å²) in [7, 11) is 0. The molecule has 0 radical (unpaired) electrons. The summed E-state index contributed by atoms with van der Waals surface area (Å²) in [6.45, 7) is 6.65. The number of rotatable bonds is 3. The second-order valence-electron chi connectivity index (χ2n) is 5.42. The monoisotopic (exact) mass is 224 g/mol. The maximum atomic E-state index is 12.1. The van der Waals surface area contributed by atoms with Crippen LogP contribution in [0.25, 0.3) is 0 Å². The van der Waals surface area contributed by atoms with Crippen molar-refractivity contribution in [3.63, 3.8) is 0 Å². The molecule has 1 N–H and O–H groups in total. The maximum absolute atomic E-state index is 12.1. The van der Waals surface area contributed by atoms with Crippen molar-refractivity contribution in [1.29, 1.82) is 0 Å². The molecular formula is C12H20N2O2. The summed E-state index contributed by atoms with van der Waals surface area (Å²) in [5.74, 6) is 0.0680. The fourth-order valence-corrected chi connectivity index (χ4v) is 2.16. The predicted molar refractivity (Wildman–Crippen MR) is 60.7 cm³/mol. The standard InChI is InChI=1S/C12H20N2O2/c1-4-9-11(16)14(7-12(3)5-6-12)8(2)10(15)13-9/h8-9H,4-7H2,1-3H3,(H,13,15). The molecule has 2 unspecified atom stereocenters. The lowest BCUT2D eigenvalue weighted by Gasteiger charge is -2.38. The molecule has 2 atom stereocenters. The molecule has 1 aliphatic carbocycles. The van der Waals surface area contributed by atoms with Gasteiger partial charge in [0, 0.05) is 6.54 Å². The van der Waals surface area contributed by atoms with Crippen molar-refractivity contribution in [2.24, 2.45) is 5.41 Å². The summed E-state index contributed by atoms with van der Waals surface area (Å²) < 4.78 is 0. The first-order chi connectivity index (χ1) is 7.47. The summed E-state index contributed by atoms with van der Waals surface area (Å²) in [5.41, 5.74) is 0.264. The van der Waals surface area contributed by atoms with Gasteiger partial charge in [0.1, 0.15) is 12.1 Å². The van der Waals surface area contributed by atoms with E-state index < -0.39 is 0 Å². The molecule has 16 heavy (non-hydrogen) atoms. The van der Waals surface area contributed by atoms with Crippen LogP contribution in [0.5, 0.6) is 0 Å². The minimum atomic E-state index is -0.314. The quantitative estimate of drug-likeness (QED) is 0.774. The van der Waals surface area contributed by atoms with Gasteiger partial charge in [-0.15, -0.1) is 0 Å². The predicted octanol–water partition coefficient (Wildman–Crippen LogP) is 0.912. The minimum absolute atomic E-state index is 0.0179. The highest BCUT2D eigenvalue weighted by Gasteiger charge is 2.45. The molecule has 1 saturated carbocycles. The SMILES string of the molecule is CCC1NC(=O)C(C)N(CC2(C)CC2)C1=O. The van der Waals surface area contributed by atoms with E-state index in [1.54, 1.807) is 4.90 Å². The summed E-state index contributed by atoms with van der Waals surface area (Å²) >= 11 is 0. The molecule has 2 rings (SSSR count). The molecule has 0 spiro atoms. The lowest BCUT2D eigenvalue weighted by atomic mass is 10.0. The van der Waals surface area contributed by atoms with Crippen LogP contribution in [0.2, 0.25) is 0 Å². The first-order valence-corrected chi connectivity index (χ1v) is 6.08. The number of carbonyl (C=O) groups is 2. The second kappa shape index (κ2) is 3.75. The summed E-state index contributed by atoms with van der Waals surface area (Å²) in [5, 5.41) is 2.77. The molecule has 0 aromatic heterocycles. The Morgan fingerprint density at radius 2 is 2.06 bits per heavy atom. The van der Waals surface area contributed by atoms with Crippen LogP contribution >= 0.6 is 0 Å². The number of amides is 2. The Morgan fingerprint density at radius 3 is 2.56 bits per heavy atom. The highest BCUT2D eigenvalue weighted by molar-refractivity contribution is 5.96. The largest absolute Gasteiger partial charge is 0.343 e. The van der Waals surface area contributed by atoms with Crippen molar-refractivity contribution in [3.05, 3.63) is 0 Å². The Morgan fingerprint density at radius 1 is 1.44 bits per heavy atom. The molecule has 4 nitrogen and oxygen atoms in total. The van der Waals surface area contributed by atoms with Crippen molar-refractivity contribution in [2.75, 3.05) is 6.54 Å². The number of hydrogen-bond acceptors (Lipinski definition) is 2. The summed E-state index contributed by atoms with van der Waals surface area (Å²) in [4.78, 5) is 25.6. The zero-order valence-electron chi connectivity index (χ0n) is 10.2. The van der Waals surface area contributed by atoms with Crippen LogP contribution in [-0.2, 0) is 9.59 Å². The molecular weight excluding hydrogens is 204 g/mol. The smallest absolute Gasteiger partial charge is 0.245 e. The molecule has 2 aliphatic rings. The maximum Gasteiger partial charge on any atom is 0.245 e. The molecule has 1 aliphatic heterocycles. The Labute approximate surface area is 96.4 Å². The van der Waals surface area contributed by atoms with Crippen molar-refractivity contribution in [2.45, 2.75) is 52.1 Å². The Balaban J connectivity index is 2.12. The number of nitrogens with zero attached hydrogens (tertiary/aromatic N) is 1. The van der Waals surface area contributed by atoms with Crippen molar-refractivity contribution >= 4 is 11.8 Å². The van der Waals surface area contributed by atoms with Gasteiger partial charge in [-0.2, -0.15) is 0 Å². The summed E-state index contributed by atoms with van der Waals surface area (Å²) in [6, 6.07) is -0.626. The van der Waals surface area contributed by atoms with Gasteiger partial charge in [0.2, 0.25) is 11.8 Å². The van der Waals surface area contributed by atoms with Crippen LogP contribution < -0.4 is 5.32 Å². The fourth-order valence-electron chi connectivity index (χ4n) is 2.16. The molecule has 0 aromatic carbocycles. The number of nitrogens with one attached hydrogen (secondary N) is 1. The van der Waals surface area contributed by atoms with Gasteiger partial charge >= 0.3 is 0 Å². The topological polar surface area (TPSA) is 49.4 Å². The van der Waals surface area contributed by atoms with E-state index >= 15 is 0 Å². The van der Waals surface area contributed by atoms with E-state index in [9.17, 15) is 9.59 Å². The number of piperazine rings is 1. The van der Waals surface area contributed by atoms with E-state index in [1.807, 2.05) is 13.8 Å². The van der Waals surface area contributed by atoms with Crippen LogP contribution in [-0.4, -0.2) is 35.3 Å². The molecule has 0 aromatic rings. The molecule has 1 saturated heterocycles. The molecule has 4 heteroatoms. The van der Waals surface area contributed by atoms with Gasteiger partial charge in [0.25, 0.3) is 0 Å². The second-order valence-corrected chi connectivity index (χ2v) is 5.42. The molecule has 2 amide bonds. The lowest BCUT2D eigenvalue weighted by molar-refractivity contribution is -0.149. The number of hydrogen-bond donors (Lipinski definition) is 1. The van der Waals surface area contributed by atoms with Gasteiger partial charge in [-0.05, 0) is 31.6 Å². The minimum Gasteiger partial charge on any atom is -0.343 e. The van der Waals surface area contributed by atoms with Crippen molar-refractivity contribution < 1.29 is 9.59 Å². The van der Waals surface area contributed by atoms with Gasteiger partial charge in [0.05, 0.1) is 0 Å². The first-order valence-electron chi connectivity index (χ1n) is 6.08. The Bertz CT molecular complexity index is 323. The molecule has 90 valence electrons. The van der Waals surface area contributed by atoms with Gasteiger partial charge < -0.3 is 10.2 Å². The van der Waals surface area contributed by atoms with E-state index in [-0.39, 0.29) is 29.3 Å². The fraction of sp³-hybridized carbons (Fsp3) is 0.833. The van der Waals surface area contributed by atoms with Crippen molar-refractivity contribution in [1.82, 2.24) is 10.2 Å². The average molecular weight is 224 g/mol. The average Bonchev–Trinajstić information content (AvgIpc) is 2.97. The van der Waals surface area contributed by atoms with Gasteiger partial charge in [0.15, 0.2) is 0 Å². The third kappa shape index (κ3) is 1.93. The Kier molecular flexibility index (Phi) is 2.68. The molecule has 0 bridgehead atoms. The van der Waals surface area contributed by atoms with Gasteiger partial charge in [-0.1, -0.05) is 13.8 Å². The van der Waals surface area contributed by atoms with Gasteiger partial charge in [-0.25, -0.2) is 0 Å². The highest BCUT2D eigenvalue weighted by atomic mass is 16.2. The van der Waals surface area contributed by atoms with Crippen LogP contribution in [0.15, 0.2) is 0 Å². The van der Waals surface area contributed by atoms with Gasteiger partial charge in [-0.3, -0.25) is 9.59 Å². The first kappa shape index (κ1) is 11.4. The van der Waals surface area contributed by atoms with Crippen LogP contribution in [0.4, 0.5) is 0 Å². The van der Waals surface area contributed by atoms with Crippen LogP contribution in [0.3, 0.4) is 0 Å². The normalized spacial score (nSPS) is 32.6. The Hall–Kier alpha value is -1.06. The summed E-state index contributed by atoms with van der Waals surface area (Å²) in [6.07, 6.45) is 3.01. The molecule has 2 fully saturated rings. The third-order valence-electron chi connectivity index (χ3n) is 3.81. The van der Waals surface area contributed by atoms with E-state index in [0.717, 1.165) is 6.54 Å². The van der Waals surface area contributed by atoms with Crippen LogP contribution in [0, 0.1) is 5.41 Å². The lowest BCUT2D eigenvalue weighted by Crippen LogP contribution is -2.62. The van der Waals surface area contributed by atoms with E-state index in [1.165, 1.54) is 12.8 Å². The third-order valence-corrected chi connectivity index (χ3v) is 3.81. The van der Waals surface area contributed by atoms with E-state index in [2.05, 4.69) is 12.2 Å².